The van der Waals surface area contributed by atoms with E-state index in [1.165, 1.54) is 10.4 Å². The van der Waals surface area contributed by atoms with E-state index in [1.807, 2.05) is 0 Å². The maximum absolute atomic E-state index is 13.2. The Morgan fingerprint density at radius 1 is 0.926 bits per heavy atom. The van der Waals surface area contributed by atoms with Crippen LogP contribution in [-0.4, -0.2) is 49.7 Å². The molecule has 0 unspecified atom stereocenters. The number of hydrogen-bond acceptors (Lipinski definition) is 3. The van der Waals surface area contributed by atoms with E-state index in [2.05, 4.69) is 0 Å². The smallest absolute Gasteiger partial charge is 0.243 e. The maximum Gasteiger partial charge on any atom is 0.243 e. The van der Waals surface area contributed by atoms with E-state index in [1.54, 1.807) is 35.2 Å². The molecule has 0 aliphatic carbocycles. The number of rotatable bonds is 5. The molecule has 1 saturated heterocycles. The molecule has 0 saturated carbocycles. The van der Waals surface area contributed by atoms with Crippen molar-refractivity contribution >= 4 is 15.9 Å². The van der Waals surface area contributed by atoms with Crippen molar-refractivity contribution in [2.24, 2.45) is 0 Å². The molecule has 1 aliphatic rings. The first-order chi connectivity index (χ1) is 12.9. The zero-order valence-corrected chi connectivity index (χ0v) is 15.5. The van der Waals surface area contributed by atoms with Crippen LogP contribution in [0.25, 0.3) is 0 Å². The Morgan fingerprint density at radius 2 is 1.59 bits per heavy atom. The standard InChI is InChI=1S/C19H20F2N2O3S/c20-17-8-6-15(14-18(17)21)7-9-19(24)22-10-12-23(13-11-22)27(25,26)16-4-2-1-3-5-16/h1-6,8,14H,7,9-13H2. The van der Waals surface area contributed by atoms with E-state index in [4.69, 9.17) is 0 Å². The Kier molecular flexibility index (Phi) is 5.86. The van der Waals surface area contributed by atoms with Crippen molar-refractivity contribution in [2.45, 2.75) is 17.7 Å². The highest BCUT2D eigenvalue weighted by Crippen LogP contribution is 2.18. The molecule has 8 heteroatoms. The normalized spacial score (nSPS) is 15.7. The molecule has 0 N–H and O–H groups in total. The van der Waals surface area contributed by atoms with Crippen molar-refractivity contribution in [3.05, 3.63) is 65.7 Å². The third kappa shape index (κ3) is 4.51. The van der Waals surface area contributed by atoms with Crippen LogP contribution >= 0.6 is 0 Å². The molecule has 144 valence electrons. The lowest BCUT2D eigenvalue weighted by Gasteiger charge is -2.34. The second-order valence-electron chi connectivity index (χ2n) is 6.35. The molecule has 0 spiro atoms. The van der Waals surface area contributed by atoms with Gasteiger partial charge < -0.3 is 4.90 Å². The van der Waals surface area contributed by atoms with Gasteiger partial charge in [-0.15, -0.1) is 0 Å². The van der Waals surface area contributed by atoms with Crippen LogP contribution in [0.15, 0.2) is 53.4 Å². The number of aryl methyl sites for hydroxylation is 1. The van der Waals surface area contributed by atoms with Gasteiger partial charge in [-0.25, -0.2) is 17.2 Å². The van der Waals surface area contributed by atoms with Crippen molar-refractivity contribution in [3.63, 3.8) is 0 Å². The summed E-state index contributed by atoms with van der Waals surface area (Å²) >= 11 is 0. The molecule has 2 aromatic carbocycles. The third-order valence-corrected chi connectivity index (χ3v) is 6.50. The molecule has 27 heavy (non-hydrogen) atoms. The number of carbonyl (C=O) groups is 1. The first-order valence-corrected chi connectivity index (χ1v) is 10.1. The summed E-state index contributed by atoms with van der Waals surface area (Å²) in [5.74, 6) is -1.98. The number of halogens is 2. The Morgan fingerprint density at radius 3 is 2.22 bits per heavy atom. The lowest BCUT2D eigenvalue weighted by Crippen LogP contribution is -2.50. The highest BCUT2D eigenvalue weighted by atomic mass is 32.2. The van der Waals surface area contributed by atoms with Crippen molar-refractivity contribution in [1.29, 1.82) is 0 Å². The van der Waals surface area contributed by atoms with Gasteiger partial charge in [-0.3, -0.25) is 4.79 Å². The van der Waals surface area contributed by atoms with Gasteiger partial charge in [0.05, 0.1) is 4.90 Å². The van der Waals surface area contributed by atoms with Crippen LogP contribution in [0.2, 0.25) is 0 Å². The lowest BCUT2D eigenvalue weighted by molar-refractivity contribution is -0.132. The number of hydrogen-bond donors (Lipinski definition) is 0. The molecule has 3 rings (SSSR count). The van der Waals surface area contributed by atoms with Crippen LogP contribution in [0.5, 0.6) is 0 Å². The minimum Gasteiger partial charge on any atom is -0.340 e. The molecule has 5 nitrogen and oxygen atoms in total. The van der Waals surface area contributed by atoms with Crippen molar-refractivity contribution in [3.8, 4) is 0 Å². The van der Waals surface area contributed by atoms with Crippen molar-refractivity contribution in [1.82, 2.24) is 9.21 Å². The molecule has 0 atom stereocenters. The zero-order chi connectivity index (χ0) is 19.4. The highest BCUT2D eigenvalue weighted by molar-refractivity contribution is 7.89. The molecule has 1 heterocycles. The predicted octanol–water partition coefficient (Wildman–Crippen LogP) is 2.43. The van der Waals surface area contributed by atoms with Crippen LogP contribution in [0.3, 0.4) is 0 Å². The number of nitrogens with zero attached hydrogens (tertiary/aromatic N) is 2. The van der Waals surface area contributed by atoms with Gasteiger partial charge in [0.15, 0.2) is 11.6 Å². The molecule has 2 aromatic rings. The summed E-state index contributed by atoms with van der Waals surface area (Å²) in [4.78, 5) is 14.2. The van der Waals surface area contributed by atoms with E-state index in [0.29, 0.717) is 25.1 Å². The van der Waals surface area contributed by atoms with Crippen LogP contribution in [-0.2, 0) is 21.2 Å². The first kappa shape index (κ1) is 19.4. The summed E-state index contributed by atoms with van der Waals surface area (Å²) in [6.07, 6.45) is 0.467. The van der Waals surface area contributed by atoms with Gasteiger partial charge in [0.1, 0.15) is 0 Å². The summed E-state index contributed by atoms with van der Waals surface area (Å²) in [7, 11) is -3.56. The number of carbonyl (C=O) groups excluding carboxylic acids is 1. The summed E-state index contributed by atoms with van der Waals surface area (Å²) in [6, 6.07) is 11.8. The van der Waals surface area contributed by atoms with Gasteiger partial charge in [-0.2, -0.15) is 4.31 Å². The zero-order valence-electron chi connectivity index (χ0n) is 14.6. The Balaban J connectivity index is 1.54. The fraction of sp³-hybridized carbons (Fsp3) is 0.316. The van der Waals surface area contributed by atoms with Crippen molar-refractivity contribution in [2.75, 3.05) is 26.2 Å². The van der Waals surface area contributed by atoms with Crippen LogP contribution in [0, 0.1) is 11.6 Å². The Hall–Kier alpha value is -2.32. The number of piperazine rings is 1. The van der Waals surface area contributed by atoms with Gasteiger partial charge in [0.2, 0.25) is 15.9 Å². The second-order valence-corrected chi connectivity index (χ2v) is 8.28. The summed E-state index contributed by atoms with van der Waals surface area (Å²) in [6.45, 7) is 1.08. The van der Waals surface area contributed by atoms with Gasteiger partial charge in [0, 0.05) is 32.6 Å². The minimum absolute atomic E-state index is 0.128. The molecular formula is C19H20F2N2O3S. The summed E-state index contributed by atoms with van der Waals surface area (Å²) in [5, 5.41) is 0. The summed E-state index contributed by atoms with van der Waals surface area (Å²) in [5.41, 5.74) is 0.549. The second kappa shape index (κ2) is 8.14. The monoisotopic (exact) mass is 394 g/mol. The molecule has 1 amide bonds. The number of sulfonamides is 1. The Bertz CT molecular complexity index is 912. The molecule has 0 aromatic heterocycles. The molecular weight excluding hydrogens is 374 g/mol. The van der Waals surface area contributed by atoms with Crippen LogP contribution in [0.4, 0.5) is 8.78 Å². The predicted molar refractivity (Wildman–Crippen MR) is 96.5 cm³/mol. The third-order valence-electron chi connectivity index (χ3n) is 4.58. The molecule has 0 radical (unpaired) electrons. The van der Waals surface area contributed by atoms with Crippen LogP contribution in [0.1, 0.15) is 12.0 Å². The SMILES string of the molecule is O=C(CCc1ccc(F)c(F)c1)N1CCN(S(=O)(=O)c2ccccc2)CC1. The van der Waals surface area contributed by atoms with E-state index < -0.39 is 21.7 Å². The molecule has 0 bridgehead atoms. The average Bonchev–Trinajstić information content (AvgIpc) is 2.69. The summed E-state index contributed by atoms with van der Waals surface area (Å²) < 4.78 is 52.7. The quantitative estimate of drug-likeness (QED) is 0.783. The largest absolute Gasteiger partial charge is 0.340 e. The van der Waals surface area contributed by atoms with Crippen molar-refractivity contribution < 1.29 is 22.0 Å². The fourth-order valence-corrected chi connectivity index (χ4v) is 4.47. The number of amides is 1. The first-order valence-electron chi connectivity index (χ1n) is 8.65. The number of benzene rings is 2. The lowest BCUT2D eigenvalue weighted by atomic mass is 10.1. The van der Waals surface area contributed by atoms with E-state index in [9.17, 15) is 22.0 Å². The van der Waals surface area contributed by atoms with Crippen LogP contribution < -0.4 is 0 Å². The van der Waals surface area contributed by atoms with E-state index in [0.717, 1.165) is 12.1 Å². The van der Waals surface area contributed by atoms with E-state index >= 15 is 0 Å². The van der Waals surface area contributed by atoms with Gasteiger partial charge in [-0.1, -0.05) is 24.3 Å². The highest BCUT2D eigenvalue weighted by Gasteiger charge is 2.29. The van der Waals surface area contributed by atoms with Gasteiger partial charge in [0.25, 0.3) is 0 Å². The topological polar surface area (TPSA) is 57.7 Å². The molecule has 1 fully saturated rings. The minimum atomic E-state index is -3.56. The fourth-order valence-electron chi connectivity index (χ4n) is 3.02. The van der Waals surface area contributed by atoms with Gasteiger partial charge in [-0.05, 0) is 36.2 Å². The van der Waals surface area contributed by atoms with E-state index in [-0.39, 0.29) is 30.3 Å². The molecule has 1 aliphatic heterocycles. The maximum atomic E-state index is 13.2. The average molecular weight is 394 g/mol. The Labute approximate surface area is 157 Å². The van der Waals surface area contributed by atoms with Gasteiger partial charge >= 0.3 is 0 Å².